The highest BCUT2D eigenvalue weighted by atomic mass is 19.3. The van der Waals surface area contributed by atoms with Crippen molar-refractivity contribution in [2.75, 3.05) is 18.5 Å². The fourth-order valence-electron chi connectivity index (χ4n) is 4.42. The average Bonchev–Trinajstić information content (AvgIpc) is 3.50. The van der Waals surface area contributed by atoms with E-state index in [0.717, 1.165) is 5.56 Å². The van der Waals surface area contributed by atoms with Gasteiger partial charge in [0.25, 0.3) is 6.43 Å². The third-order valence-electron chi connectivity index (χ3n) is 5.92. The summed E-state index contributed by atoms with van der Waals surface area (Å²) >= 11 is 0. The van der Waals surface area contributed by atoms with Crippen molar-refractivity contribution in [1.29, 1.82) is 0 Å². The molecule has 11 heteroatoms. The lowest BCUT2D eigenvalue weighted by Gasteiger charge is -2.16. The molecule has 3 aromatic heterocycles. The molecule has 4 aromatic rings. The van der Waals surface area contributed by atoms with Crippen molar-refractivity contribution in [2.24, 2.45) is 7.05 Å². The van der Waals surface area contributed by atoms with Crippen LogP contribution in [0.15, 0.2) is 30.6 Å². The van der Waals surface area contributed by atoms with Gasteiger partial charge in [-0.25, -0.2) is 13.2 Å². The molecular formula is C21H17F3N6O2. The van der Waals surface area contributed by atoms with Gasteiger partial charge in [-0.3, -0.25) is 9.08 Å². The lowest BCUT2D eigenvalue weighted by Crippen LogP contribution is -2.13. The number of hydrogen-bond acceptors (Lipinski definition) is 6. The molecule has 0 fully saturated rings. The Morgan fingerprint density at radius 3 is 2.75 bits per heavy atom. The number of fused-ring (bicyclic) bond motifs is 3. The summed E-state index contributed by atoms with van der Waals surface area (Å²) in [5, 5.41) is 15.3. The van der Waals surface area contributed by atoms with Gasteiger partial charge < -0.3 is 14.8 Å². The van der Waals surface area contributed by atoms with Crippen molar-refractivity contribution >= 4 is 11.5 Å². The van der Waals surface area contributed by atoms with Gasteiger partial charge in [0, 0.05) is 30.3 Å². The number of rotatable bonds is 2. The van der Waals surface area contributed by atoms with Gasteiger partial charge in [0.1, 0.15) is 23.6 Å². The smallest absolute Gasteiger partial charge is 0.282 e. The molecule has 0 radical (unpaired) electrons. The molecule has 0 unspecified atom stereocenters. The van der Waals surface area contributed by atoms with E-state index >= 15 is 0 Å². The van der Waals surface area contributed by atoms with Gasteiger partial charge in [0.2, 0.25) is 0 Å². The molecule has 0 saturated carbocycles. The Kier molecular flexibility index (Phi) is 4.07. The number of hydrogen-bond donors (Lipinski definition) is 1. The fourth-order valence-corrected chi connectivity index (χ4v) is 4.42. The lowest BCUT2D eigenvalue weighted by molar-refractivity contribution is 0.145. The highest BCUT2D eigenvalue weighted by molar-refractivity contribution is 5.80. The number of aromatic nitrogens is 5. The van der Waals surface area contributed by atoms with Crippen LogP contribution in [0.4, 0.5) is 19.0 Å². The maximum Gasteiger partial charge on any atom is 0.282 e. The third kappa shape index (κ3) is 2.73. The predicted octanol–water partition coefficient (Wildman–Crippen LogP) is 3.69. The zero-order chi connectivity index (χ0) is 22.0. The molecule has 1 aromatic carbocycles. The van der Waals surface area contributed by atoms with E-state index in [1.807, 2.05) is 0 Å². The second kappa shape index (κ2) is 6.87. The number of halogens is 3. The quantitative estimate of drug-likeness (QED) is 0.510. The van der Waals surface area contributed by atoms with E-state index in [4.69, 9.17) is 9.47 Å². The number of aryl methyl sites for hydroxylation is 1. The first-order valence-corrected chi connectivity index (χ1v) is 10.0. The van der Waals surface area contributed by atoms with Crippen molar-refractivity contribution < 1.29 is 22.6 Å². The SMILES string of the molecule is Cn1nc(C(F)F)cc1-c1cc2c(n3cnnc13)NCc1c(F)ccc3c1[C@H](CO3)CO2. The summed E-state index contributed by atoms with van der Waals surface area (Å²) in [5.74, 6) is 1.22. The Balaban J connectivity index is 1.51. The summed E-state index contributed by atoms with van der Waals surface area (Å²) in [7, 11) is 1.59. The molecule has 5 heterocycles. The first kappa shape index (κ1) is 19.0. The van der Waals surface area contributed by atoms with E-state index in [1.54, 1.807) is 23.6 Å². The minimum absolute atomic E-state index is 0.134. The molecule has 0 saturated heterocycles. The van der Waals surface area contributed by atoms with Gasteiger partial charge in [0.15, 0.2) is 17.2 Å². The maximum absolute atomic E-state index is 14.7. The van der Waals surface area contributed by atoms with Crippen LogP contribution in [0, 0.1) is 5.82 Å². The average molecular weight is 442 g/mol. The minimum atomic E-state index is -2.69. The molecule has 164 valence electrons. The summed E-state index contributed by atoms with van der Waals surface area (Å²) in [4.78, 5) is 0. The van der Waals surface area contributed by atoms with Crippen LogP contribution in [0.3, 0.4) is 0 Å². The number of pyridine rings is 1. The monoisotopic (exact) mass is 442 g/mol. The number of benzene rings is 1. The molecule has 2 aliphatic rings. The van der Waals surface area contributed by atoms with Gasteiger partial charge >= 0.3 is 0 Å². The highest BCUT2D eigenvalue weighted by Crippen LogP contribution is 2.42. The van der Waals surface area contributed by atoms with Crippen LogP contribution < -0.4 is 14.8 Å². The summed E-state index contributed by atoms with van der Waals surface area (Å²) < 4.78 is 56.0. The summed E-state index contributed by atoms with van der Waals surface area (Å²) in [5.41, 5.74) is 2.42. The van der Waals surface area contributed by atoms with E-state index in [2.05, 4.69) is 20.6 Å². The van der Waals surface area contributed by atoms with Gasteiger partial charge in [-0.15, -0.1) is 10.2 Å². The predicted molar refractivity (Wildman–Crippen MR) is 108 cm³/mol. The van der Waals surface area contributed by atoms with Gasteiger partial charge in [-0.05, 0) is 24.3 Å². The molecule has 0 aliphatic carbocycles. The van der Waals surface area contributed by atoms with Crippen LogP contribution >= 0.6 is 0 Å². The van der Waals surface area contributed by atoms with E-state index < -0.39 is 6.43 Å². The summed E-state index contributed by atoms with van der Waals surface area (Å²) in [6.07, 6.45) is -1.20. The third-order valence-corrected chi connectivity index (χ3v) is 5.92. The molecule has 1 atom stereocenters. The second-order valence-corrected chi connectivity index (χ2v) is 7.78. The van der Waals surface area contributed by atoms with Crippen molar-refractivity contribution in [2.45, 2.75) is 18.9 Å². The second-order valence-electron chi connectivity index (χ2n) is 7.78. The minimum Gasteiger partial charge on any atom is -0.493 e. The van der Waals surface area contributed by atoms with Gasteiger partial charge in [-0.2, -0.15) is 5.10 Å². The number of alkyl halides is 2. The molecule has 1 N–H and O–H groups in total. The van der Waals surface area contributed by atoms with Crippen LogP contribution in [0.5, 0.6) is 11.5 Å². The van der Waals surface area contributed by atoms with E-state index in [9.17, 15) is 13.2 Å². The summed E-state index contributed by atoms with van der Waals surface area (Å²) in [6, 6.07) is 6.09. The largest absolute Gasteiger partial charge is 0.493 e. The molecule has 0 bridgehead atoms. The Morgan fingerprint density at radius 1 is 1.16 bits per heavy atom. The van der Waals surface area contributed by atoms with Crippen LogP contribution in [-0.4, -0.2) is 37.6 Å². The normalized spacial score (nSPS) is 17.1. The molecule has 32 heavy (non-hydrogen) atoms. The number of ether oxygens (including phenoxy) is 2. The molecule has 0 amide bonds. The Hall–Kier alpha value is -3.76. The topological polar surface area (TPSA) is 78.5 Å². The van der Waals surface area contributed by atoms with Crippen LogP contribution in [0.1, 0.15) is 29.2 Å². The van der Waals surface area contributed by atoms with Crippen LogP contribution in [0.2, 0.25) is 0 Å². The maximum atomic E-state index is 14.7. The molecule has 2 aliphatic heterocycles. The van der Waals surface area contributed by atoms with Crippen LogP contribution in [0.25, 0.3) is 16.9 Å². The van der Waals surface area contributed by atoms with Gasteiger partial charge in [-0.1, -0.05) is 0 Å². The Labute approximate surface area is 179 Å². The Bertz CT molecular complexity index is 1370. The zero-order valence-corrected chi connectivity index (χ0v) is 16.8. The van der Waals surface area contributed by atoms with E-state index in [1.165, 1.54) is 23.1 Å². The van der Waals surface area contributed by atoms with Crippen molar-refractivity contribution in [3.8, 4) is 22.8 Å². The summed E-state index contributed by atoms with van der Waals surface area (Å²) in [6.45, 7) is 0.861. The van der Waals surface area contributed by atoms with Crippen LogP contribution in [-0.2, 0) is 13.6 Å². The van der Waals surface area contributed by atoms with Crippen molar-refractivity contribution in [3.63, 3.8) is 0 Å². The molecular weight excluding hydrogens is 425 g/mol. The van der Waals surface area contributed by atoms with Gasteiger partial charge in [0.05, 0.1) is 24.8 Å². The van der Waals surface area contributed by atoms with Crippen molar-refractivity contribution in [1.82, 2.24) is 24.4 Å². The Morgan fingerprint density at radius 2 is 1.97 bits per heavy atom. The van der Waals surface area contributed by atoms with Crippen molar-refractivity contribution in [3.05, 3.63) is 53.2 Å². The zero-order valence-electron chi connectivity index (χ0n) is 16.8. The number of nitrogens with zero attached hydrogens (tertiary/aromatic N) is 5. The highest BCUT2D eigenvalue weighted by Gasteiger charge is 2.32. The number of nitrogens with one attached hydrogen (secondary N) is 1. The number of anilines is 1. The molecule has 8 nitrogen and oxygen atoms in total. The first-order valence-electron chi connectivity index (χ1n) is 10.0. The first-order chi connectivity index (χ1) is 15.5. The lowest BCUT2D eigenvalue weighted by atomic mass is 9.96. The fraction of sp³-hybridized carbons (Fsp3) is 0.286. The standard InChI is InChI=1S/C21H17F3N6O2/c1-29-15(5-14(28-29)19(23)24)11-4-17-21(30-9-26-27-20(11)30)25-6-12-13(22)2-3-16-18(12)10(7-31-16)8-32-17/h2-5,9-10,19,25H,6-8H2,1H3/t10-/m1/s1. The molecule has 0 spiro atoms. The van der Waals surface area contributed by atoms with E-state index in [-0.39, 0.29) is 30.6 Å². The molecule has 6 rings (SSSR count). The van der Waals surface area contributed by atoms with E-state index in [0.29, 0.717) is 46.4 Å².